The fraction of sp³-hybridized carbons (Fsp3) is 0.467. The Balaban J connectivity index is 2.33. The highest BCUT2D eigenvalue weighted by Crippen LogP contribution is 2.45. The van der Waals surface area contributed by atoms with Crippen LogP contribution in [0.4, 0.5) is 5.69 Å². The van der Waals surface area contributed by atoms with Crippen LogP contribution in [0.3, 0.4) is 0 Å². The maximum absolute atomic E-state index is 12.0. The van der Waals surface area contributed by atoms with E-state index in [0.717, 1.165) is 0 Å². The van der Waals surface area contributed by atoms with Gasteiger partial charge in [-0.05, 0) is 0 Å². The highest BCUT2D eigenvalue weighted by atomic mass is 31.2. The van der Waals surface area contributed by atoms with Gasteiger partial charge in [-0.3, -0.25) is 14.7 Å². The normalized spacial score (nSPS) is 11.6. The molecule has 1 aromatic heterocycles. The summed E-state index contributed by atoms with van der Waals surface area (Å²) in [6.07, 6.45) is 0.148. The van der Waals surface area contributed by atoms with Crippen molar-refractivity contribution in [2.24, 2.45) is 0 Å². The molecule has 2 rings (SSSR count). The predicted molar refractivity (Wildman–Crippen MR) is 97.5 cm³/mol. The minimum atomic E-state index is -3.13. The molecule has 0 aliphatic carbocycles. The van der Waals surface area contributed by atoms with Gasteiger partial charge in [0, 0.05) is 45.0 Å². The average Bonchev–Trinajstić information content (AvgIpc) is 2.69. The molecule has 0 atom stereocenters. The van der Waals surface area contributed by atoms with Gasteiger partial charge in [-0.25, -0.2) is 9.97 Å². The van der Waals surface area contributed by atoms with E-state index in [1.165, 1.54) is 40.6 Å². The molecule has 0 amide bonds. The van der Waals surface area contributed by atoms with Crippen LogP contribution in [-0.4, -0.2) is 56.0 Å². The number of hydrogen-bond acceptors (Lipinski definition) is 10. The first-order valence-electron chi connectivity index (χ1n) is 7.85. The maximum Gasteiger partial charge on any atom is 0.331 e. The number of nitro groups is 1. The molecular formula is C15H21N4O7P. The summed E-state index contributed by atoms with van der Waals surface area (Å²) in [5.41, 5.74) is 1.16. The largest absolute Gasteiger partial charge is 0.477 e. The standard InChI is InChI=1S/C15H21N4O7P/c1-23-14-15(24-2)18-13-10(7-11(19(20)21)8-12(13)17-14)9-16-5-6-27(22,25-3)26-4/h7-8,16H,5-6,9H2,1-4H3. The topological polar surface area (TPSA) is 135 Å². The third-order valence-corrected chi connectivity index (χ3v) is 5.69. The molecule has 27 heavy (non-hydrogen) atoms. The lowest BCUT2D eigenvalue weighted by Crippen LogP contribution is -2.19. The van der Waals surface area contributed by atoms with Crippen LogP contribution in [0, 0.1) is 10.1 Å². The zero-order valence-electron chi connectivity index (χ0n) is 15.4. The van der Waals surface area contributed by atoms with Crippen molar-refractivity contribution in [1.82, 2.24) is 15.3 Å². The summed E-state index contributed by atoms with van der Waals surface area (Å²) in [4.78, 5) is 19.3. The van der Waals surface area contributed by atoms with Crippen LogP contribution in [0.15, 0.2) is 12.1 Å². The third kappa shape index (κ3) is 4.89. The summed E-state index contributed by atoms with van der Waals surface area (Å²) in [6.45, 7) is 0.541. The fourth-order valence-electron chi connectivity index (χ4n) is 2.38. The number of ether oxygens (including phenoxy) is 2. The molecule has 0 spiro atoms. The fourth-order valence-corrected chi connectivity index (χ4v) is 3.33. The molecule has 2 aromatic rings. The summed E-state index contributed by atoms with van der Waals surface area (Å²) in [6, 6.07) is 2.72. The van der Waals surface area contributed by atoms with Crippen molar-refractivity contribution in [3.05, 3.63) is 27.8 Å². The molecule has 0 saturated carbocycles. The Labute approximate surface area is 155 Å². The van der Waals surface area contributed by atoms with Gasteiger partial charge in [-0.15, -0.1) is 0 Å². The monoisotopic (exact) mass is 400 g/mol. The first-order chi connectivity index (χ1) is 12.9. The molecule has 1 aromatic carbocycles. The van der Waals surface area contributed by atoms with Crippen molar-refractivity contribution in [3.63, 3.8) is 0 Å². The minimum absolute atomic E-state index is 0.125. The van der Waals surface area contributed by atoms with Crippen molar-refractivity contribution >= 4 is 24.3 Å². The van der Waals surface area contributed by atoms with Crippen LogP contribution >= 0.6 is 7.60 Å². The molecule has 0 aliphatic heterocycles. The molecule has 148 valence electrons. The van der Waals surface area contributed by atoms with Gasteiger partial charge in [0.2, 0.25) is 0 Å². The van der Waals surface area contributed by atoms with Gasteiger partial charge in [-0.2, -0.15) is 0 Å². The van der Waals surface area contributed by atoms with Crippen LogP contribution in [0.2, 0.25) is 0 Å². The molecule has 0 unspecified atom stereocenters. The summed E-state index contributed by atoms with van der Waals surface area (Å²) >= 11 is 0. The second-order valence-corrected chi connectivity index (χ2v) is 7.75. The summed E-state index contributed by atoms with van der Waals surface area (Å²) in [5.74, 6) is 0.300. The number of rotatable bonds is 10. The van der Waals surface area contributed by atoms with E-state index in [1.807, 2.05) is 0 Å². The summed E-state index contributed by atoms with van der Waals surface area (Å²) in [5, 5.41) is 14.3. The van der Waals surface area contributed by atoms with E-state index in [0.29, 0.717) is 23.1 Å². The molecule has 1 heterocycles. The molecule has 12 heteroatoms. The summed E-state index contributed by atoms with van der Waals surface area (Å²) < 4.78 is 32.0. The van der Waals surface area contributed by atoms with Crippen LogP contribution in [0.5, 0.6) is 11.8 Å². The number of non-ortho nitro benzene ring substituents is 1. The average molecular weight is 400 g/mol. The highest BCUT2D eigenvalue weighted by Gasteiger charge is 2.21. The molecule has 0 fully saturated rings. The second kappa shape index (κ2) is 9.05. The van der Waals surface area contributed by atoms with Crippen molar-refractivity contribution in [2.75, 3.05) is 41.1 Å². The highest BCUT2D eigenvalue weighted by molar-refractivity contribution is 7.53. The first-order valence-corrected chi connectivity index (χ1v) is 9.58. The van der Waals surface area contributed by atoms with Crippen LogP contribution < -0.4 is 14.8 Å². The van der Waals surface area contributed by atoms with E-state index in [4.69, 9.17) is 18.5 Å². The maximum atomic E-state index is 12.0. The van der Waals surface area contributed by atoms with Gasteiger partial charge in [0.05, 0.1) is 30.8 Å². The number of hydrogen-bond donors (Lipinski definition) is 1. The third-order valence-electron chi connectivity index (χ3n) is 3.80. The molecule has 1 N–H and O–H groups in total. The lowest BCUT2D eigenvalue weighted by atomic mass is 10.1. The van der Waals surface area contributed by atoms with Gasteiger partial charge < -0.3 is 23.8 Å². The molecular weight excluding hydrogens is 379 g/mol. The minimum Gasteiger partial charge on any atom is -0.477 e. The van der Waals surface area contributed by atoms with E-state index < -0.39 is 12.5 Å². The van der Waals surface area contributed by atoms with E-state index in [1.54, 1.807) is 0 Å². The Morgan fingerprint density at radius 1 is 1.11 bits per heavy atom. The van der Waals surface area contributed by atoms with E-state index >= 15 is 0 Å². The van der Waals surface area contributed by atoms with Crippen LogP contribution in [-0.2, 0) is 20.2 Å². The van der Waals surface area contributed by atoms with Gasteiger partial charge in [0.25, 0.3) is 17.4 Å². The number of nitro benzene ring substituents is 1. The molecule has 11 nitrogen and oxygen atoms in total. The van der Waals surface area contributed by atoms with Crippen LogP contribution in [0.25, 0.3) is 11.0 Å². The first kappa shape index (κ1) is 21.0. The zero-order chi connectivity index (χ0) is 20.0. The molecule has 0 bridgehead atoms. The van der Waals surface area contributed by atoms with E-state index in [-0.39, 0.29) is 30.2 Å². The van der Waals surface area contributed by atoms with Gasteiger partial charge >= 0.3 is 7.60 Å². The van der Waals surface area contributed by atoms with Crippen LogP contribution in [0.1, 0.15) is 5.56 Å². The molecule has 0 aliphatic rings. The smallest absolute Gasteiger partial charge is 0.331 e. The zero-order valence-corrected chi connectivity index (χ0v) is 16.3. The van der Waals surface area contributed by atoms with Gasteiger partial charge in [-0.1, -0.05) is 0 Å². The second-order valence-electron chi connectivity index (χ2n) is 5.35. The van der Waals surface area contributed by atoms with E-state index in [2.05, 4.69) is 15.3 Å². The Hall–Kier alpha value is -2.33. The quantitative estimate of drug-likeness (QED) is 0.273. The number of fused-ring (bicyclic) bond motifs is 1. The number of benzene rings is 1. The van der Waals surface area contributed by atoms with Crippen molar-refractivity contribution in [1.29, 1.82) is 0 Å². The number of nitrogens with one attached hydrogen (secondary N) is 1. The lowest BCUT2D eigenvalue weighted by Gasteiger charge is -2.14. The Bertz CT molecular complexity index is 869. The number of aromatic nitrogens is 2. The van der Waals surface area contributed by atoms with Crippen molar-refractivity contribution in [2.45, 2.75) is 6.54 Å². The van der Waals surface area contributed by atoms with E-state index in [9.17, 15) is 14.7 Å². The summed E-state index contributed by atoms with van der Waals surface area (Å²) in [7, 11) is 2.32. The molecule has 0 radical (unpaired) electrons. The van der Waals surface area contributed by atoms with Gasteiger partial charge in [0.1, 0.15) is 5.52 Å². The van der Waals surface area contributed by atoms with Gasteiger partial charge in [0.15, 0.2) is 0 Å². The Morgan fingerprint density at radius 3 is 2.30 bits per heavy atom. The SMILES string of the molecule is COc1nc2cc([N+](=O)[O-])cc(CNCCP(=O)(OC)OC)c2nc1OC. The Kier molecular flexibility index (Phi) is 7.03. The Morgan fingerprint density at radius 2 is 1.74 bits per heavy atom. The van der Waals surface area contributed by atoms with Crippen molar-refractivity contribution < 1.29 is 28.0 Å². The number of nitrogens with zero attached hydrogens (tertiary/aromatic N) is 3. The van der Waals surface area contributed by atoms with Crippen molar-refractivity contribution in [3.8, 4) is 11.8 Å². The lowest BCUT2D eigenvalue weighted by molar-refractivity contribution is -0.384. The number of methoxy groups -OCH3 is 2. The predicted octanol–water partition coefficient (Wildman–Crippen LogP) is 2.13. The molecule has 0 saturated heterocycles.